The Bertz CT molecular complexity index is 481. The first-order chi connectivity index (χ1) is 9.70. The van der Waals surface area contributed by atoms with Gasteiger partial charge in [0.25, 0.3) is 0 Å². The summed E-state index contributed by atoms with van der Waals surface area (Å²) in [4.78, 5) is 0. The number of halogens is 6. The van der Waals surface area contributed by atoms with Gasteiger partial charge in [-0.05, 0) is 11.3 Å². The van der Waals surface area contributed by atoms with Crippen LogP contribution in [0.2, 0.25) is 0 Å². The molecule has 8 heteroatoms. The minimum Gasteiger partial charge on any atom is -0.203 e. The van der Waals surface area contributed by atoms with Crippen LogP contribution in [0.5, 0.6) is 0 Å². The number of alkyl halides is 5. The molecule has 0 N–H and O–H groups in total. The third-order valence-electron chi connectivity index (χ3n) is 2.30. The van der Waals surface area contributed by atoms with Gasteiger partial charge in [0.05, 0.1) is 4.24 Å². The van der Waals surface area contributed by atoms with Crippen LogP contribution in [-0.2, 0) is 5.75 Å². The SMILES string of the molecule is CCS/C(SCc1ccccc1)=C(/F)C(F)(F)C(F)(F)F. The normalized spacial score (nSPS) is 14.0. The number of thioether (sulfide) groups is 2. The van der Waals surface area contributed by atoms with Crippen LogP contribution in [0.1, 0.15) is 12.5 Å². The highest BCUT2D eigenvalue weighted by atomic mass is 32.2. The van der Waals surface area contributed by atoms with Gasteiger partial charge in [0.15, 0.2) is 5.83 Å². The molecule has 0 aromatic heterocycles. The maximum atomic E-state index is 13.6. The maximum absolute atomic E-state index is 13.6. The number of allylic oxidation sites excluding steroid dienone is 1. The Morgan fingerprint density at radius 3 is 2.05 bits per heavy atom. The summed E-state index contributed by atoms with van der Waals surface area (Å²) < 4.78 is 75.7. The predicted molar refractivity (Wildman–Crippen MR) is 75.0 cm³/mol. The third kappa shape index (κ3) is 4.88. The van der Waals surface area contributed by atoms with Crippen LogP contribution in [0.15, 0.2) is 40.4 Å². The number of hydrogen-bond acceptors (Lipinski definition) is 2. The van der Waals surface area contributed by atoms with E-state index in [-0.39, 0.29) is 11.5 Å². The largest absolute Gasteiger partial charge is 0.460 e. The van der Waals surface area contributed by atoms with E-state index in [0.29, 0.717) is 29.1 Å². The van der Waals surface area contributed by atoms with Gasteiger partial charge in [-0.25, -0.2) is 4.39 Å². The fraction of sp³-hybridized carbons (Fsp3) is 0.385. The summed E-state index contributed by atoms with van der Waals surface area (Å²) in [6, 6.07) is 8.51. The minimum atomic E-state index is -5.94. The summed E-state index contributed by atoms with van der Waals surface area (Å²) in [5.74, 6) is -7.58. The number of rotatable bonds is 6. The van der Waals surface area contributed by atoms with Crippen molar-refractivity contribution in [1.82, 2.24) is 0 Å². The lowest BCUT2D eigenvalue weighted by atomic mass is 10.2. The standard InChI is InChI=1S/C13H12F6S2/c1-2-20-11(10(14)12(15,16)13(17,18)19)21-8-9-6-4-3-5-7-9/h3-7H,2,8H2,1H3/b11-10-. The van der Waals surface area contributed by atoms with Crippen molar-refractivity contribution < 1.29 is 26.3 Å². The van der Waals surface area contributed by atoms with Gasteiger partial charge in [-0.1, -0.05) is 37.3 Å². The van der Waals surface area contributed by atoms with E-state index >= 15 is 0 Å². The first-order valence-corrected chi connectivity index (χ1v) is 7.81. The maximum Gasteiger partial charge on any atom is 0.460 e. The highest BCUT2D eigenvalue weighted by Crippen LogP contribution is 2.47. The molecule has 0 saturated carbocycles. The molecule has 0 unspecified atom stereocenters. The topological polar surface area (TPSA) is 0 Å². The quantitative estimate of drug-likeness (QED) is 0.579. The van der Waals surface area contributed by atoms with Crippen LogP contribution in [-0.4, -0.2) is 17.9 Å². The first kappa shape index (κ1) is 18.3. The van der Waals surface area contributed by atoms with Gasteiger partial charge >= 0.3 is 12.1 Å². The average molecular weight is 346 g/mol. The highest BCUT2D eigenvalue weighted by molar-refractivity contribution is 8.21. The molecular formula is C13H12F6S2. The second-order valence-electron chi connectivity index (χ2n) is 3.88. The lowest BCUT2D eigenvalue weighted by Crippen LogP contribution is -2.37. The molecule has 118 valence electrons. The molecule has 0 amide bonds. The van der Waals surface area contributed by atoms with E-state index in [9.17, 15) is 26.3 Å². The fourth-order valence-corrected chi connectivity index (χ4v) is 3.40. The van der Waals surface area contributed by atoms with Crippen LogP contribution in [0.4, 0.5) is 26.3 Å². The van der Waals surface area contributed by atoms with Gasteiger partial charge in [-0.2, -0.15) is 22.0 Å². The molecule has 0 heterocycles. The van der Waals surface area contributed by atoms with E-state index < -0.39 is 22.2 Å². The van der Waals surface area contributed by atoms with Crippen LogP contribution >= 0.6 is 23.5 Å². The second kappa shape index (κ2) is 7.49. The van der Waals surface area contributed by atoms with Crippen molar-refractivity contribution in [2.24, 2.45) is 0 Å². The molecule has 1 rings (SSSR count). The van der Waals surface area contributed by atoms with Crippen molar-refractivity contribution in [2.75, 3.05) is 5.75 Å². The van der Waals surface area contributed by atoms with Gasteiger partial charge in [0.1, 0.15) is 0 Å². The zero-order valence-electron chi connectivity index (χ0n) is 10.9. The van der Waals surface area contributed by atoms with E-state index in [2.05, 4.69) is 0 Å². The smallest absolute Gasteiger partial charge is 0.203 e. The zero-order valence-corrected chi connectivity index (χ0v) is 12.5. The van der Waals surface area contributed by atoms with Crippen molar-refractivity contribution >= 4 is 23.5 Å². The fourth-order valence-electron chi connectivity index (χ4n) is 1.28. The molecule has 0 fully saturated rings. The van der Waals surface area contributed by atoms with Gasteiger partial charge in [0.2, 0.25) is 0 Å². The van der Waals surface area contributed by atoms with E-state index in [4.69, 9.17) is 0 Å². The van der Waals surface area contributed by atoms with E-state index in [1.54, 1.807) is 37.3 Å². The molecule has 0 nitrogen and oxygen atoms in total. The molecule has 1 aromatic rings. The van der Waals surface area contributed by atoms with Gasteiger partial charge in [0, 0.05) is 5.75 Å². The summed E-state index contributed by atoms with van der Waals surface area (Å²) in [6.45, 7) is 1.55. The van der Waals surface area contributed by atoms with E-state index in [1.807, 2.05) is 0 Å². The van der Waals surface area contributed by atoms with Crippen molar-refractivity contribution in [1.29, 1.82) is 0 Å². The Morgan fingerprint density at radius 2 is 1.57 bits per heavy atom. The van der Waals surface area contributed by atoms with Crippen molar-refractivity contribution in [3.8, 4) is 0 Å². The summed E-state index contributed by atoms with van der Waals surface area (Å²) >= 11 is 1.27. The molecule has 0 spiro atoms. The van der Waals surface area contributed by atoms with Crippen LogP contribution < -0.4 is 0 Å². The van der Waals surface area contributed by atoms with Crippen LogP contribution in [0.25, 0.3) is 0 Å². The molecule has 0 atom stereocenters. The molecule has 0 aliphatic heterocycles. The molecule has 0 aliphatic carbocycles. The Balaban J connectivity index is 2.96. The molecular weight excluding hydrogens is 334 g/mol. The molecule has 1 aromatic carbocycles. The number of hydrogen-bond donors (Lipinski definition) is 0. The monoisotopic (exact) mass is 346 g/mol. The lowest BCUT2D eigenvalue weighted by molar-refractivity contribution is -0.270. The molecule has 0 bridgehead atoms. The minimum absolute atomic E-state index is 0.116. The molecule has 0 radical (unpaired) electrons. The summed E-state index contributed by atoms with van der Waals surface area (Å²) in [5, 5.41) is 0. The lowest BCUT2D eigenvalue weighted by Gasteiger charge is -2.20. The van der Waals surface area contributed by atoms with Crippen LogP contribution in [0.3, 0.4) is 0 Å². The molecule has 0 aliphatic rings. The van der Waals surface area contributed by atoms with Gasteiger partial charge in [-0.15, -0.1) is 23.5 Å². The third-order valence-corrected chi connectivity index (χ3v) is 4.66. The van der Waals surface area contributed by atoms with Gasteiger partial charge in [-0.3, -0.25) is 0 Å². The first-order valence-electron chi connectivity index (χ1n) is 5.84. The van der Waals surface area contributed by atoms with E-state index in [1.165, 1.54) is 0 Å². The second-order valence-corrected chi connectivity index (χ2v) is 6.40. The summed E-state index contributed by atoms with van der Waals surface area (Å²) in [5.41, 5.74) is 0.708. The van der Waals surface area contributed by atoms with Crippen LogP contribution in [0, 0.1) is 0 Å². The van der Waals surface area contributed by atoms with Crippen molar-refractivity contribution in [3.05, 3.63) is 46.0 Å². The highest BCUT2D eigenvalue weighted by Gasteiger charge is 2.62. The Kier molecular flexibility index (Phi) is 6.52. The Hall–Kier alpha value is -0.760. The summed E-state index contributed by atoms with van der Waals surface area (Å²) in [7, 11) is 0. The van der Waals surface area contributed by atoms with E-state index in [0.717, 1.165) is 0 Å². The number of benzene rings is 1. The average Bonchev–Trinajstić information content (AvgIpc) is 2.42. The summed E-state index contributed by atoms with van der Waals surface area (Å²) in [6.07, 6.45) is -5.94. The van der Waals surface area contributed by atoms with Crippen molar-refractivity contribution in [2.45, 2.75) is 24.8 Å². The molecule has 21 heavy (non-hydrogen) atoms. The predicted octanol–water partition coefficient (Wildman–Crippen LogP) is 6.01. The Labute approximate surface area is 127 Å². The molecule has 0 saturated heterocycles. The zero-order chi connectivity index (χ0) is 16.1. The van der Waals surface area contributed by atoms with Gasteiger partial charge < -0.3 is 0 Å². The Morgan fingerprint density at radius 1 is 1.00 bits per heavy atom. The van der Waals surface area contributed by atoms with Crippen molar-refractivity contribution in [3.63, 3.8) is 0 Å².